The second-order valence-corrected chi connectivity index (χ2v) is 41.0. The van der Waals surface area contributed by atoms with E-state index in [1.807, 2.05) is 18.2 Å². The number of thiophene rings is 2. The van der Waals surface area contributed by atoms with Crippen molar-refractivity contribution >= 4 is 157 Å². The van der Waals surface area contributed by atoms with E-state index >= 15 is 43.2 Å². The Labute approximate surface area is 863 Å². The van der Waals surface area contributed by atoms with Crippen LogP contribution in [-0.2, 0) is 122 Å². The van der Waals surface area contributed by atoms with Crippen LogP contribution in [0.2, 0.25) is 0 Å². The van der Waals surface area contributed by atoms with E-state index in [0.29, 0.717) is 48.8 Å². The molecule has 3 saturated heterocycles. The number of hydrogen-bond donors (Lipinski definition) is 19. The van der Waals surface area contributed by atoms with E-state index in [1.165, 1.54) is 86.5 Å². The summed E-state index contributed by atoms with van der Waals surface area (Å²) in [6.07, 6.45) is 3.81. The van der Waals surface area contributed by atoms with E-state index in [1.54, 1.807) is 82.9 Å². The number of carboxylic acids is 3. The molecule has 5 aliphatic heterocycles. The van der Waals surface area contributed by atoms with E-state index in [2.05, 4.69) is 79.8 Å². The third-order valence-corrected chi connectivity index (χ3v) is 29.5. The lowest BCUT2D eigenvalue weighted by Gasteiger charge is -2.39. The topological polar surface area (TPSA) is 641 Å². The van der Waals surface area contributed by atoms with Gasteiger partial charge in [0.1, 0.15) is 88.6 Å². The molecule has 18 amide bonds. The molecule has 798 valence electrons. The molecule has 4 fully saturated rings. The number of benzene rings is 3. The normalized spacial score (nSPS) is 27.2. The minimum atomic E-state index is -2.22. The summed E-state index contributed by atoms with van der Waals surface area (Å²) in [6.45, 7) is 5.10. The number of ether oxygens (including phenoxy) is 1. The van der Waals surface area contributed by atoms with Gasteiger partial charge in [0.25, 0.3) is 0 Å². The van der Waals surface area contributed by atoms with Gasteiger partial charge in [-0.3, -0.25) is 91.1 Å². The maximum atomic E-state index is 16.2. The minimum Gasteiger partial charge on any atom is -0.481 e. The van der Waals surface area contributed by atoms with Crippen molar-refractivity contribution in [2.75, 3.05) is 32.8 Å². The van der Waals surface area contributed by atoms with Crippen LogP contribution >= 0.6 is 22.7 Å². The third-order valence-electron chi connectivity index (χ3n) is 27.7. The second kappa shape index (κ2) is 53.2. The van der Waals surface area contributed by atoms with Gasteiger partial charge in [-0.25, -0.2) is 9.59 Å². The first kappa shape index (κ1) is 114. The highest BCUT2D eigenvalue weighted by Gasteiger charge is 2.53. The van der Waals surface area contributed by atoms with Crippen LogP contribution in [0.15, 0.2) is 125 Å². The summed E-state index contributed by atoms with van der Waals surface area (Å²) in [5, 5.41) is 77.6. The van der Waals surface area contributed by atoms with E-state index in [4.69, 9.17) is 10.5 Å². The molecule has 2 aromatic heterocycles. The molecular formula is C103H134N18O25S2. The molecule has 20 N–H and O–H groups in total. The number of hydrogen-bond acceptors (Lipinski definition) is 24. The number of likely N-dealkylation sites (tertiary alicyclic amines) is 1. The quantitative estimate of drug-likeness (QED) is 0.0595. The van der Waals surface area contributed by atoms with Crippen LogP contribution in [0.1, 0.15) is 221 Å². The van der Waals surface area contributed by atoms with Gasteiger partial charge in [-0.2, -0.15) is 11.3 Å². The molecule has 45 heteroatoms. The van der Waals surface area contributed by atoms with Crippen molar-refractivity contribution in [3.05, 3.63) is 153 Å². The predicted octanol–water partition coefficient (Wildman–Crippen LogP) is 2.88. The second-order valence-electron chi connectivity index (χ2n) is 39.3. The lowest BCUT2D eigenvalue weighted by atomic mass is 9.81. The molecule has 11 rings (SSSR count). The highest BCUT2D eigenvalue weighted by atomic mass is 32.1. The van der Waals surface area contributed by atoms with Crippen molar-refractivity contribution in [3.8, 4) is 0 Å². The number of nitrogens with one attached hydrogen (secondary N) is 15. The molecule has 1 aliphatic carbocycles. The van der Waals surface area contributed by atoms with Crippen LogP contribution in [0.5, 0.6) is 0 Å². The number of nitrogens with zero attached hydrogens (tertiary/aromatic N) is 2. The van der Waals surface area contributed by atoms with E-state index in [0.717, 1.165) is 21.4 Å². The number of aliphatic carboxylic acids is 2. The first-order chi connectivity index (χ1) is 70.5. The number of primary amides is 1. The van der Waals surface area contributed by atoms with Gasteiger partial charge in [0.05, 0.1) is 31.6 Å². The number of aromatic carboxylic acids is 1. The number of allylic oxidation sites excluding steroid dienone is 3. The largest absolute Gasteiger partial charge is 0.481 e. The summed E-state index contributed by atoms with van der Waals surface area (Å²) in [6, 6.07) is 4.05. The number of rotatable bonds is 17. The molecule has 3 spiro atoms. The molecule has 1 saturated carbocycles. The van der Waals surface area contributed by atoms with Crippen LogP contribution in [0.4, 0.5) is 4.79 Å². The van der Waals surface area contributed by atoms with Gasteiger partial charge >= 0.3 is 24.0 Å². The van der Waals surface area contributed by atoms with Gasteiger partial charge < -0.3 is 115 Å². The summed E-state index contributed by atoms with van der Waals surface area (Å²) >= 11 is 2.61. The average Bonchev–Trinajstić information content (AvgIpc) is 1.64. The standard InChI is InChI=1S/C103H134N18O25S2/c1-60(83(104)128)106-85(130)71-37-38-79(123)105-45-24-20-35-70-91(136)118-102(97(143)113-73(53-65-39-49-147-57-65)87(132)112-75(88(133)109-71)54-68-58-148-78-36-19-18-34-69(68)78)44-47-120(59-102)99(145)146-48-25-11-7-6-8-21-40-101(41-22-9-10-23-42-103(43-27-46-121(103)62(3)122)98(144)115-77(56-81(126)127)90(135)116-82(93(138)119-101)66-31-16-13-17-32-66)96(142)114-76(55-80(124)125)89(134)111-74(52-64-30-26-33-67(50-64)94(139)140)92(137)117-100(4,5)95(141)107-61(2)84(129)110-72(86(131)108-70)51-63-28-14-12-15-29-63/h6-7,10,12,14-15,18-19,23,26,28-30,33-34,36,39,49-50,57-58,60-61,66,70-77,82H,8-9,11,13,16-17,20-22,24-25,27,31-32,35,37-38,40-48,51-56,59H2,1-5H3,(H2,104,128)(H,105,123)(H,106,130)(H,107,141)(H,108,131)(H,109,133)(H,110,129)(H,111,134)(H,112,132)(H,113,143)(H,114,142)(H,115,144)(H,116,135)(H,117,137)(H,118,136)(H,119,138)(H,124,125)(H,126,127)(H,139,140)/b7-6-,23-10+/t60-,61-,70-,71-,72-,73-,74-,75-,76-,77-,82-,101+,102-,103-/m0/s1. The van der Waals surface area contributed by atoms with Crippen molar-refractivity contribution in [3.63, 3.8) is 0 Å². The average molecular weight is 2090 g/mol. The molecule has 7 heterocycles. The monoisotopic (exact) mass is 2090 g/mol. The summed E-state index contributed by atoms with van der Waals surface area (Å²) < 4.78 is 6.73. The zero-order valence-corrected chi connectivity index (χ0v) is 85.1. The first-order valence-electron chi connectivity index (χ1n) is 50.2. The van der Waals surface area contributed by atoms with Crippen molar-refractivity contribution in [2.45, 2.75) is 303 Å². The minimum absolute atomic E-state index is 0.0153. The lowest BCUT2D eigenvalue weighted by Crippen LogP contribution is -2.67. The van der Waals surface area contributed by atoms with Gasteiger partial charge in [-0.05, 0) is 217 Å². The Bertz CT molecular complexity index is 5770. The van der Waals surface area contributed by atoms with Gasteiger partial charge in [0.15, 0.2) is 0 Å². The molecule has 6 aliphatic rings. The zero-order valence-electron chi connectivity index (χ0n) is 83.5. The van der Waals surface area contributed by atoms with Crippen LogP contribution in [-0.4, -0.2) is 271 Å². The van der Waals surface area contributed by atoms with E-state index < -0.39 is 251 Å². The predicted molar refractivity (Wildman–Crippen MR) is 540 cm³/mol. The number of fused-ring (bicyclic) bond motifs is 4. The fraction of sp³-hybridized carbons (Fsp3) is 0.524. The highest BCUT2D eigenvalue weighted by Crippen LogP contribution is 2.37. The van der Waals surface area contributed by atoms with E-state index in [-0.39, 0.29) is 153 Å². The van der Waals surface area contributed by atoms with Gasteiger partial charge in [-0.15, -0.1) is 11.3 Å². The molecular weight excluding hydrogens is 1950 g/mol. The summed E-state index contributed by atoms with van der Waals surface area (Å²) in [7, 11) is 0. The van der Waals surface area contributed by atoms with Crippen LogP contribution in [0.25, 0.3) is 10.1 Å². The van der Waals surface area contributed by atoms with Crippen LogP contribution in [0.3, 0.4) is 0 Å². The van der Waals surface area contributed by atoms with Crippen molar-refractivity contribution in [1.29, 1.82) is 0 Å². The molecule has 43 nitrogen and oxygen atoms in total. The molecule has 3 bridgehead atoms. The Morgan fingerprint density at radius 3 is 1.77 bits per heavy atom. The summed E-state index contributed by atoms with van der Waals surface area (Å²) in [4.78, 5) is 310. The Morgan fingerprint density at radius 1 is 0.514 bits per heavy atom. The smallest absolute Gasteiger partial charge is 0.409 e. The highest BCUT2D eigenvalue weighted by molar-refractivity contribution is 7.17. The fourth-order valence-electron chi connectivity index (χ4n) is 19.3. The number of carbonyl (C=O) groups is 21. The molecule has 14 atom stereocenters. The maximum Gasteiger partial charge on any atom is 0.409 e. The van der Waals surface area contributed by atoms with Crippen molar-refractivity contribution in [1.82, 2.24) is 89.6 Å². The third kappa shape index (κ3) is 31.5. The molecule has 0 unspecified atom stereocenters. The number of carbonyl (C=O) groups excluding carboxylic acids is 18. The van der Waals surface area contributed by atoms with Crippen LogP contribution in [0, 0.1) is 5.92 Å². The molecule has 3 aromatic carbocycles. The van der Waals surface area contributed by atoms with Gasteiger partial charge in [-0.1, -0.05) is 104 Å². The number of carboxylic acid groups (broad SMARTS) is 3. The number of amides is 18. The van der Waals surface area contributed by atoms with Gasteiger partial charge in [0.2, 0.25) is 100 Å². The Kier molecular flexibility index (Phi) is 40.9. The fourth-order valence-corrected chi connectivity index (χ4v) is 21.0. The first-order valence-corrected chi connectivity index (χ1v) is 52.0. The number of cyclic esters (lactones) is 1. The Balaban J connectivity index is 0.975. The van der Waals surface area contributed by atoms with Crippen molar-refractivity contribution in [2.24, 2.45) is 11.7 Å². The van der Waals surface area contributed by atoms with E-state index in [9.17, 15) is 72.9 Å². The zero-order chi connectivity index (χ0) is 107. The summed E-state index contributed by atoms with van der Waals surface area (Å²) in [5.74, 6) is -21.8. The SMILES string of the molecule is CC(=O)N1CCC[C@]12C/C=C/CCC[C@@]1(CCC/C=C\CCCOC(=O)N3CC[C@@]4(C3)NC(=O)[C@H](CCCCNC(=O)CC[C@@H](C(=O)N[C@@H](C)C(N)=O)NC(=O)[C@H](Cc3csc5ccccc35)NC(=O)[C@H](Cc3ccsc3)NC4=O)NC(=O)[C@H](Cc3ccccc3)NC(=O)[C@H](C)NC(=O)C(C)(C)NC(=O)[C@H](Cc3cccc(C(=O)O)c3)NC(=O)[C@H](CC(=O)O)NC1=O)NC(=O)[C@H](C1CCCCC1)NC(=O)[C@H](CC(=O)O)NC2=O. The summed E-state index contributed by atoms with van der Waals surface area (Å²) in [5.41, 5.74) is -1.18. The van der Waals surface area contributed by atoms with Gasteiger partial charge in [0, 0.05) is 63.4 Å². The number of nitrogens with two attached hydrogens (primary N) is 1. The Morgan fingerprint density at radius 2 is 1.09 bits per heavy atom. The molecule has 0 radical (unpaired) electrons. The van der Waals surface area contributed by atoms with Crippen molar-refractivity contribution < 1.29 is 121 Å². The van der Waals surface area contributed by atoms with Crippen LogP contribution < -0.4 is 85.5 Å². The molecule has 5 aromatic rings. The molecule has 148 heavy (non-hydrogen) atoms. The Hall–Kier alpha value is -14.5. The lowest BCUT2D eigenvalue weighted by molar-refractivity contribution is -0.147. The maximum absolute atomic E-state index is 16.2.